The Labute approximate surface area is 87.8 Å². The fourth-order valence-electron chi connectivity index (χ4n) is 1.18. The fourth-order valence-corrected chi connectivity index (χ4v) is 1.18. The zero-order valence-corrected chi connectivity index (χ0v) is 8.87. The molecule has 0 aliphatic rings. The quantitative estimate of drug-likeness (QED) is 0.555. The van der Waals surface area contributed by atoms with Crippen LogP contribution in [0.3, 0.4) is 0 Å². The number of benzene rings is 1. The van der Waals surface area contributed by atoms with Crippen LogP contribution in [-0.2, 0) is 4.79 Å². The molecule has 80 valence electrons. The molecule has 0 atom stereocenters. The number of carbonyl (C=O) groups is 2. The summed E-state index contributed by atoms with van der Waals surface area (Å²) in [6.07, 6.45) is 0. The Morgan fingerprint density at radius 3 is 2.27 bits per heavy atom. The first-order valence-corrected chi connectivity index (χ1v) is 4.37. The first-order chi connectivity index (χ1) is 7.10. The summed E-state index contributed by atoms with van der Waals surface area (Å²) < 4.78 is 9.98. The van der Waals surface area contributed by atoms with Crippen molar-refractivity contribution in [3.05, 3.63) is 23.8 Å². The van der Waals surface area contributed by atoms with E-state index in [4.69, 9.17) is 9.47 Å². The Kier molecular flexibility index (Phi) is 3.44. The van der Waals surface area contributed by atoms with Crippen LogP contribution in [0.5, 0.6) is 11.5 Å². The third kappa shape index (κ3) is 2.34. The molecule has 0 aliphatic heterocycles. The highest BCUT2D eigenvalue weighted by Crippen LogP contribution is 2.24. The molecule has 0 radical (unpaired) electrons. The van der Waals surface area contributed by atoms with Gasteiger partial charge in [0, 0.05) is 13.0 Å². The van der Waals surface area contributed by atoms with Crippen LogP contribution in [0.15, 0.2) is 18.2 Å². The lowest BCUT2D eigenvalue weighted by atomic mass is 10.1. The topological polar surface area (TPSA) is 52.6 Å². The Bertz CT molecular complexity index is 396. The summed E-state index contributed by atoms with van der Waals surface area (Å²) in [4.78, 5) is 22.4. The molecule has 15 heavy (non-hydrogen) atoms. The molecule has 0 amide bonds. The molecule has 0 aromatic heterocycles. The minimum Gasteiger partial charge on any atom is -0.497 e. The van der Waals surface area contributed by atoms with Gasteiger partial charge >= 0.3 is 0 Å². The third-order valence-corrected chi connectivity index (χ3v) is 1.97. The number of methoxy groups -OCH3 is 2. The maximum atomic E-state index is 11.5. The average Bonchev–Trinajstić information content (AvgIpc) is 2.27. The summed E-state index contributed by atoms with van der Waals surface area (Å²) in [5.74, 6) is -0.158. The molecule has 0 aliphatic carbocycles. The van der Waals surface area contributed by atoms with Crippen molar-refractivity contribution < 1.29 is 19.1 Å². The second kappa shape index (κ2) is 4.59. The SMILES string of the molecule is COc1ccc(C(=O)C(C)=O)c(OC)c1. The van der Waals surface area contributed by atoms with Crippen LogP contribution in [0.2, 0.25) is 0 Å². The number of ketones is 2. The lowest BCUT2D eigenvalue weighted by molar-refractivity contribution is -0.113. The lowest BCUT2D eigenvalue weighted by Gasteiger charge is -2.07. The van der Waals surface area contributed by atoms with E-state index in [1.807, 2.05) is 0 Å². The molecule has 1 rings (SSSR count). The smallest absolute Gasteiger partial charge is 0.231 e. The van der Waals surface area contributed by atoms with Gasteiger partial charge < -0.3 is 9.47 Å². The first-order valence-electron chi connectivity index (χ1n) is 4.37. The van der Waals surface area contributed by atoms with Gasteiger partial charge in [0.2, 0.25) is 5.78 Å². The van der Waals surface area contributed by atoms with Gasteiger partial charge in [-0.25, -0.2) is 0 Å². The number of carbonyl (C=O) groups excluding carboxylic acids is 2. The molecule has 1 aromatic carbocycles. The van der Waals surface area contributed by atoms with Gasteiger partial charge in [0.15, 0.2) is 5.78 Å². The van der Waals surface area contributed by atoms with Crippen LogP contribution >= 0.6 is 0 Å². The van der Waals surface area contributed by atoms with Gasteiger partial charge in [-0.15, -0.1) is 0 Å². The maximum Gasteiger partial charge on any atom is 0.231 e. The number of ether oxygens (including phenoxy) is 2. The van der Waals surface area contributed by atoms with E-state index in [0.29, 0.717) is 11.5 Å². The molecule has 0 fully saturated rings. The van der Waals surface area contributed by atoms with Gasteiger partial charge in [-0.2, -0.15) is 0 Å². The highest BCUT2D eigenvalue weighted by molar-refractivity contribution is 6.43. The van der Waals surface area contributed by atoms with E-state index in [1.54, 1.807) is 12.1 Å². The van der Waals surface area contributed by atoms with Crippen molar-refractivity contribution in [2.75, 3.05) is 14.2 Å². The minimum absolute atomic E-state index is 0.255. The van der Waals surface area contributed by atoms with Crippen LogP contribution in [0, 0.1) is 0 Å². The van der Waals surface area contributed by atoms with Gasteiger partial charge in [-0.3, -0.25) is 9.59 Å². The van der Waals surface area contributed by atoms with Crippen LogP contribution in [0.25, 0.3) is 0 Å². The Hall–Kier alpha value is -1.84. The van der Waals surface area contributed by atoms with Crippen molar-refractivity contribution in [3.63, 3.8) is 0 Å². The van der Waals surface area contributed by atoms with Crippen LogP contribution in [0.4, 0.5) is 0 Å². The molecule has 0 unspecified atom stereocenters. The van der Waals surface area contributed by atoms with Crippen LogP contribution in [0.1, 0.15) is 17.3 Å². The monoisotopic (exact) mass is 208 g/mol. The van der Waals surface area contributed by atoms with Crippen molar-refractivity contribution in [2.45, 2.75) is 6.92 Å². The second-order valence-corrected chi connectivity index (χ2v) is 2.95. The van der Waals surface area contributed by atoms with Gasteiger partial charge in [-0.1, -0.05) is 0 Å². The van der Waals surface area contributed by atoms with E-state index in [1.165, 1.54) is 27.2 Å². The predicted octanol–water partition coefficient (Wildman–Crippen LogP) is 1.48. The summed E-state index contributed by atoms with van der Waals surface area (Å²) in [6.45, 7) is 1.23. The molecule has 0 spiro atoms. The Balaban J connectivity index is 3.18. The molecule has 0 saturated heterocycles. The zero-order chi connectivity index (χ0) is 11.4. The van der Waals surface area contributed by atoms with E-state index < -0.39 is 11.6 Å². The third-order valence-electron chi connectivity index (χ3n) is 1.97. The lowest BCUT2D eigenvalue weighted by Crippen LogP contribution is -2.11. The van der Waals surface area contributed by atoms with E-state index in [2.05, 4.69) is 0 Å². The van der Waals surface area contributed by atoms with E-state index >= 15 is 0 Å². The average molecular weight is 208 g/mol. The number of hydrogen-bond donors (Lipinski definition) is 0. The normalized spacial score (nSPS) is 9.53. The number of Topliss-reactive ketones (excluding diaryl/α,β-unsaturated/α-hetero) is 2. The molecule has 0 heterocycles. The predicted molar refractivity (Wildman–Crippen MR) is 54.6 cm³/mol. The molecule has 0 saturated carbocycles. The fraction of sp³-hybridized carbons (Fsp3) is 0.273. The van der Waals surface area contributed by atoms with Crippen molar-refractivity contribution in [1.29, 1.82) is 0 Å². The van der Waals surface area contributed by atoms with Crippen LogP contribution in [-0.4, -0.2) is 25.8 Å². The van der Waals surface area contributed by atoms with Crippen molar-refractivity contribution >= 4 is 11.6 Å². The number of rotatable bonds is 4. The molecular formula is C11H12O4. The molecule has 4 heteroatoms. The van der Waals surface area contributed by atoms with Crippen molar-refractivity contribution in [3.8, 4) is 11.5 Å². The second-order valence-electron chi connectivity index (χ2n) is 2.95. The maximum absolute atomic E-state index is 11.5. The highest BCUT2D eigenvalue weighted by atomic mass is 16.5. The van der Waals surface area contributed by atoms with Gasteiger partial charge in [-0.05, 0) is 12.1 Å². The Morgan fingerprint density at radius 2 is 1.80 bits per heavy atom. The van der Waals surface area contributed by atoms with E-state index in [0.717, 1.165) is 0 Å². The van der Waals surface area contributed by atoms with Crippen LogP contribution < -0.4 is 9.47 Å². The molecular weight excluding hydrogens is 196 g/mol. The van der Waals surface area contributed by atoms with Crippen molar-refractivity contribution in [1.82, 2.24) is 0 Å². The highest BCUT2D eigenvalue weighted by Gasteiger charge is 2.16. The van der Waals surface area contributed by atoms with Gasteiger partial charge in [0.1, 0.15) is 11.5 Å². The molecule has 0 bridgehead atoms. The van der Waals surface area contributed by atoms with E-state index in [9.17, 15) is 9.59 Å². The minimum atomic E-state index is -0.561. The molecule has 0 N–H and O–H groups in total. The summed E-state index contributed by atoms with van der Waals surface area (Å²) in [7, 11) is 2.95. The van der Waals surface area contributed by atoms with E-state index in [-0.39, 0.29) is 5.56 Å². The summed E-state index contributed by atoms with van der Waals surface area (Å²) >= 11 is 0. The summed E-state index contributed by atoms with van der Waals surface area (Å²) in [5, 5.41) is 0. The summed E-state index contributed by atoms with van der Waals surface area (Å²) in [5.41, 5.74) is 0.255. The Morgan fingerprint density at radius 1 is 1.13 bits per heavy atom. The first kappa shape index (κ1) is 11.2. The van der Waals surface area contributed by atoms with Crippen molar-refractivity contribution in [2.24, 2.45) is 0 Å². The summed E-state index contributed by atoms with van der Waals surface area (Å²) in [6, 6.07) is 4.69. The molecule has 1 aromatic rings. The standard InChI is InChI=1S/C11H12O4/c1-7(12)11(13)9-5-4-8(14-2)6-10(9)15-3/h4-6H,1-3H3. The zero-order valence-electron chi connectivity index (χ0n) is 8.87. The molecule has 4 nitrogen and oxygen atoms in total. The largest absolute Gasteiger partial charge is 0.497 e. The van der Waals surface area contributed by atoms with Gasteiger partial charge in [0.25, 0.3) is 0 Å². The number of hydrogen-bond acceptors (Lipinski definition) is 4. The van der Waals surface area contributed by atoms with Gasteiger partial charge in [0.05, 0.1) is 19.8 Å².